The number of aliphatic hydroxyl groups is 1. The lowest BCUT2D eigenvalue weighted by molar-refractivity contribution is 0.103. The van der Waals surface area contributed by atoms with Crippen molar-refractivity contribution in [1.29, 1.82) is 0 Å². The van der Waals surface area contributed by atoms with E-state index in [2.05, 4.69) is 15.6 Å². The van der Waals surface area contributed by atoms with Crippen LogP contribution in [0.2, 0.25) is 5.02 Å². The molecule has 0 aliphatic carbocycles. The number of ketones is 1. The topological polar surface area (TPSA) is 94.2 Å². The number of benzene rings is 1. The first-order valence-corrected chi connectivity index (χ1v) is 9.47. The number of thioether (sulfide) groups is 1. The molecule has 2 rings (SSSR count). The van der Waals surface area contributed by atoms with Gasteiger partial charge in [0.15, 0.2) is 0 Å². The maximum atomic E-state index is 12.6. The zero-order chi connectivity index (χ0) is 18.2. The van der Waals surface area contributed by atoms with Crippen LogP contribution in [0.15, 0.2) is 36.5 Å². The van der Waals surface area contributed by atoms with Crippen LogP contribution in [0, 0.1) is 0 Å². The van der Waals surface area contributed by atoms with Crippen LogP contribution in [0.4, 0.5) is 10.5 Å². The van der Waals surface area contributed by atoms with Gasteiger partial charge in [-0.2, -0.15) is 11.8 Å². The summed E-state index contributed by atoms with van der Waals surface area (Å²) in [7, 11) is 0. The van der Waals surface area contributed by atoms with Crippen molar-refractivity contribution in [3.8, 4) is 0 Å². The largest absolute Gasteiger partial charge is 0.396 e. The average molecular weight is 382 g/mol. The highest BCUT2D eigenvalue weighted by Gasteiger charge is 2.18. The van der Waals surface area contributed by atoms with Crippen LogP contribution in [0.25, 0.3) is 0 Å². The summed E-state index contributed by atoms with van der Waals surface area (Å²) in [6.45, 7) is -0.0109. The van der Waals surface area contributed by atoms with Crippen molar-refractivity contribution in [2.24, 2.45) is 0 Å². The lowest BCUT2D eigenvalue weighted by Gasteiger charge is -2.18. The van der Waals surface area contributed by atoms with E-state index in [9.17, 15) is 9.59 Å². The summed E-state index contributed by atoms with van der Waals surface area (Å²) in [5.41, 5.74) is 1.08. The number of nitrogens with one attached hydrogen (secondary N) is 3. The fourth-order valence-electron chi connectivity index (χ4n) is 2.33. The van der Waals surface area contributed by atoms with Crippen molar-refractivity contribution < 1.29 is 14.7 Å². The van der Waals surface area contributed by atoms with Crippen molar-refractivity contribution in [2.45, 2.75) is 12.5 Å². The third-order valence-electron chi connectivity index (χ3n) is 3.50. The Labute approximate surface area is 155 Å². The Morgan fingerprint density at radius 2 is 2.16 bits per heavy atom. The van der Waals surface area contributed by atoms with Crippen molar-refractivity contribution >= 4 is 40.9 Å². The number of H-pyrrole nitrogens is 1. The maximum Gasteiger partial charge on any atom is 0.319 e. The number of halogens is 1. The Morgan fingerprint density at radius 3 is 2.80 bits per heavy atom. The van der Waals surface area contributed by atoms with Crippen LogP contribution in [-0.4, -0.2) is 46.6 Å². The molecule has 0 saturated carbocycles. The lowest BCUT2D eigenvalue weighted by atomic mass is 10.1. The summed E-state index contributed by atoms with van der Waals surface area (Å²) in [4.78, 5) is 27.7. The second kappa shape index (κ2) is 9.50. The number of hydrogen-bond acceptors (Lipinski definition) is 4. The van der Waals surface area contributed by atoms with E-state index in [4.69, 9.17) is 16.7 Å². The molecule has 0 spiro atoms. The highest BCUT2D eigenvalue weighted by Crippen LogP contribution is 2.23. The molecular formula is C17H20ClN3O3S. The number of aromatic amines is 1. The minimum absolute atomic E-state index is 0.0109. The monoisotopic (exact) mass is 381 g/mol. The summed E-state index contributed by atoms with van der Waals surface area (Å²) in [5, 5.41) is 15.0. The highest BCUT2D eigenvalue weighted by molar-refractivity contribution is 7.98. The number of hydrogen-bond donors (Lipinski definition) is 4. The molecule has 134 valence electrons. The Hall–Kier alpha value is -1.96. The van der Waals surface area contributed by atoms with E-state index in [0.29, 0.717) is 34.1 Å². The summed E-state index contributed by atoms with van der Waals surface area (Å²) < 4.78 is 0. The molecule has 2 amide bonds. The van der Waals surface area contributed by atoms with Gasteiger partial charge in [0.1, 0.15) is 0 Å². The van der Waals surface area contributed by atoms with Gasteiger partial charge in [-0.1, -0.05) is 11.6 Å². The third-order valence-corrected chi connectivity index (χ3v) is 4.47. The first kappa shape index (κ1) is 19.4. The van der Waals surface area contributed by atoms with E-state index in [1.165, 1.54) is 6.07 Å². The van der Waals surface area contributed by atoms with Crippen LogP contribution in [0.5, 0.6) is 0 Å². The second-order valence-corrected chi connectivity index (χ2v) is 6.71. The van der Waals surface area contributed by atoms with Gasteiger partial charge in [0, 0.05) is 35.2 Å². The molecule has 6 nitrogen and oxygen atoms in total. The van der Waals surface area contributed by atoms with Crippen LogP contribution >= 0.6 is 23.4 Å². The summed E-state index contributed by atoms with van der Waals surface area (Å²) in [5.74, 6) is 0.418. The molecule has 0 fully saturated rings. The van der Waals surface area contributed by atoms with Crippen molar-refractivity contribution in [3.63, 3.8) is 0 Å². The van der Waals surface area contributed by atoms with Gasteiger partial charge in [-0.25, -0.2) is 4.79 Å². The fraction of sp³-hybridized carbons (Fsp3) is 0.294. The van der Waals surface area contributed by atoms with Crippen LogP contribution in [0.3, 0.4) is 0 Å². The summed E-state index contributed by atoms with van der Waals surface area (Å²) in [6.07, 6.45) is 4.04. The van der Waals surface area contributed by atoms with Gasteiger partial charge in [0.05, 0.1) is 11.4 Å². The minimum atomic E-state index is -0.435. The molecule has 1 unspecified atom stereocenters. The predicted molar refractivity (Wildman–Crippen MR) is 102 cm³/mol. The van der Waals surface area contributed by atoms with Gasteiger partial charge in [0.2, 0.25) is 5.78 Å². The van der Waals surface area contributed by atoms with E-state index in [1.807, 2.05) is 6.26 Å². The Kier molecular flexibility index (Phi) is 7.36. The molecule has 0 bridgehead atoms. The molecule has 4 N–H and O–H groups in total. The minimum Gasteiger partial charge on any atom is -0.396 e. The van der Waals surface area contributed by atoms with Crippen LogP contribution in [-0.2, 0) is 0 Å². The van der Waals surface area contributed by atoms with E-state index >= 15 is 0 Å². The molecule has 0 saturated heterocycles. The van der Waals surface area contributed by atoms with Gasteiger partial charge in [-0.15, -0.1) is 0 Å². The molecule has 0 radical (unpaired) electrons. The molecule has 0 aliphatic rings. The number of carbonyl (C=O) groups is 2. The molecule has 1 aromatic heterocycles. The fourth-order valence-corrected chi connectivity index (χ4v) is 3.15. The van der Waals surface area contributed by atoms with Gasteiger partial charge in [0.25, 0.3) is 0 Å². The van der Waals surface area contributed by atoms with E-state index in [-0.39, 0.29) is 18.4 Å². The molecule has 25 heavy (non-hydrogen) atoms. The quantitative estimate of drug-likeness (QED) is 0.528. The van der Waals surface area contributed by atoms with Gasteiger partial charge < -0.3 is 20.7 Å². The number of rotatable bonds is 8. The number of carbonyl (C=O) groups excluding carboxylic acids is 2. The molecule has 1 atom stereocenters. The summed E-state index contributed by atoms with van der Waals surface area (Å²) >= 11 is 7.58. The highest BCUT2D eigenvalue weighted by atomic mass is 35.5. The molecule has 8 heteroatoms. The number of anilines is 1. The molecule has 1 aromatic carbocycles. The predicted octanol–water partition coefficient (Wildman–Crippen LogP) is 3.13. The SMILES string of the molecule is CSCC(CCO)NC(=O)Nc1ccc(Cl)cc1C(=O)c1ccc[nH]1. The average Bonchev–Trinajstić information content (AvgIpc) is 3.11. The first-order chi connectivity index (χ1) is 12.0. The Morgan fingerprint density at radius 1 is 1.36 bits per heavy atom. The standard InChI is InChI=1S/C17H20ClN3O3S/c1-25-10-12(6-8-22)20-17(24)21-14-5-4-11(18)9-13(14)16(23)15-3-2-7-19-15/h2-5,7,9,12,19,22H,6,8,10H2,1H3,(H2,20,21,24). The van der Waals surface area contributed by atoms with E-state index < -0.39 is 6.03 Å². The number of aromatic nitrogens is 1. The molecule has 1 heterocycles. The number of amides is 2. The van der Waals surface area contributed by atoms with Crippen LogP contribution < -0.4 is 10.6 Å². The van der Waals surface area contributed by atoms with Gasteiger partial charge >= 0.3 is 6.03 Å². The smallest absolute Gasteiger partial charge is 0.319 e. The number of aliphatic hydroxyl groups excluding tert-OH is 1. The summed E-state index contributed by atoms with van der Waals surface area (Å²) in [6, 6.07) is 7.50. The molecule has 2 aromatic rings. The van der Waals surface area contributed by atoms with Crippen molar-refractivity contribution in [3.05, 3.63) is 52.8 Å². The number of urea groups is 1. The molecule has 0 aliphatic heterocycles. The van der Waals surface area contributed by atoms with Gasteiger partial charge in [-0.3, -0.25) is 4.79 Å². The van der Waals surface area contributed by atoms with E-state index in [0.717, 1.165) is 0 Å². The second-order valence-electron chi connectivity index (χ2n) is 5.37. The van der Waals surface area contributed by atoms with Crippen molar-refractivity contribution in [2.75, 3.05) is 23.9 Å². The zero-order valence-electron chi connectivity index (χ0n) is 13.7. The van der Waals surface area contributed by atoms with Gasteiger partial charge in [-0.05, 0) is 43.0 Å². The zero-order valence-corrected chi connectivity index (χ0v) is 15.3. The normalized spacial score (nSPS) is 11.8. The first-order valence-electron chi connectivity index (χ1n) is 7.70. The van der Waals surface area contributed by atoms with Crippen LogP contribution in [0.1, 0.15) is 22.5 Å². The Bertz CT molecular complexity index is 716. The van der Waals surface area contributed by atoms with Crippen molar-refractivity contribution in [1.82, 2.24) is 10.3 Å². The third kappa shape index (κ3) is 5.52. The maximum absolute atomic E-state index is 12.6. The van der Waals surface area contributed by atoms with E-state index in [1.54, 1.807) is 42.2 Å². The Balaban J connectivity index is 2.16. The molecular weight excluding hydrogens is 362 g/mol. The lowest BCUT2D eigenvalue weighted by Crippen LogP contribution is -2.40.